The smallest absolute Gasteiger partial charge is 0.344 e. The van der Waals surface area contributed by atoms with E-state index >= 15 is 0 Å². The zero-order valence-electron chi connectivity index (χ0n) is 17.3. The fourth-order valence-corrected chi connectivity index (χ4v) is 4.00. The molecule has 0 amide bonds. The first-order chi connectivity index (χ1) is 16.4. The van der Waals surface area contributed by atoms with E-state index in [1.807, 2.05) is 6.07 Å². The summed E-state index contributed by atoms with van der Waals surface area (Å²) in [5, 5.41) is 12.0. The van der Waals surface area contributed by atoms with Gasteiger partial charge < -0.3 is 13.6 Å². The van der Waals surface area contributed by atoms with E-state index in [4.69, 9.17) is 13.6 Å². The molecule has 0 aliphatic heterocycles. The summed E-state index contributed by atoms with van der Waals surface area (Å²) >= 11 is 3.40. The molecule has 0 aliphatic carbocycles. The number of benzene rings is 3. The standard InChI is InChI=1S/C25H14BrNO7/c26-16-3-8-22-15(9-16)10-21(25(29)34-22)20-12-24(28)33-23-11-18(6-7-19(20)23)32-13-14-1-4-17(5-2-14)27(30)31/h1-12H,13H2. The Labute approximate surface area is 199 Å². The van der Waals surface area contributed by atoms with E-state index in [1.54, 1.807) is 48.5 Å². The van der Waals surface area contributed by atoms with E-state index in [0.717, 1.165) is 10.0 Å². The number of halogens is 1. The van der Waals surface area contributed by atoms with E-state index in [1.165, 1.54) is 18.2 Å². The predicted octanol–water partition coefficient (Wildman–Crippen LogP) is 5.82. The SMILES string of the molecule is O=c1cc(-c2cc3cc(Br)ccc3oc2=O)c2ccc(OCc3ccc([N+](=O)[O-])cc3)cc2o1. The zero-order chi connectivity index (χ0) is 23.8. The second-order valence-electron chi connectivity index (χ2n) is 7.48. The maximum atomic E-state index is 12.7. The lowest BCUT2D eigenvalue weighted by Crippen LogP contribution is -2.06. The number of nitro groups is 1. The van der Waals surface area contributed by atoms with Crippen LogP contribution in [0.3, 0.4) is 0 Å². The molecule has 168 valence electrons. The van der Waals surface area contributed by atoms with Gasteiger partial charge in [0.2, 0.25) is 0 Å². The van der Waals surface area contributed by atoms with Crippen LogP contribution in [0.2, 0.25) is 0 Å². The molecule has 9 heteroatoms. The molecule has 2 aromatic heterocycles. The summed E-state index contributed by atoms with van der Waals surface area (Å²) < 4.78 is 17.4. The molecule has 3 aromatic carbocycles. The van der Waals surface area contributed by atoms with Gasteiger partial charge >= 0.3 is 11.3 Å². The predicted molar refractivity (Wildman–Crippen MR) is 129 cm³/mol. The van der Waals surface area contributed by atoms with Crippen molar-refractivity contribution in [2.75, 3.05) is 0 Å². The Morgan fingerprint density at radius 1 is 0.853 bits per heavy atom. The van der Waals surface area contributed by atoms with Gasteiger partial charge in [0.1, 0.15) is 23.5 Å². The van der Waals surface area contributed by atoms with Crippen molar-refractivity contribution in [3.05, 3.63) is 114 Å². The number of ether oxygens (including phenoxy) is 1. The van der Waals surface area contributed by atoms with Gasteiger partial charge in [-0.2, -0.15) is 0 Å². The summed E-state index contributed by atoms with van der Waals surface area (Å²) in [7, 11) is 0. The summed E-state index contributed by atoms with van der Waals surface area (Å²) in [6.07, 6.45) is 0. The maximum Gasteiger partial charge on any atom is 0.344 e. The van der Waals surface area contributed by atoms with Crippen molar-refractivity contribution < 1.29 is 18.5 Å². The Balaban J connectivity index is 1.51. The first-order valence-electron chi connectivity index (χ1n) is 10.1. The van der Waals surface area contributed by atoms with Gasteiger partial charge in [0.15, 0.2) is 0 Å². The van der Waals surface area contributed by atoms with Crippen molar-refractivity contribution >= 4 is 43.6 Å². The normalized spacial score (nSPS) is 11.1. The van der Waals surface area contributed by atoms with Crippen LogP contribution in [-0.4, -0.2) is 4.92 Å². The minimum Gasteiger partial charge on any atom is -0.489 e. The van der Waals surface area contributed by atoms with Crippen LogP contribution >= 0.6 is 15.9 Å². The average Bonchev–Trinajstić information content (AvgIpc) is 2.82. The first-order valence-corrected chi connectivity index (χ1v) is 10.8. The zero-order valence-corrected chi connectivity index (χ0v) is 18.9. The van der Waals surface area contributed by atoms with Crippen LogP contribution in [0, 0.1) is 10.1 Å². The van der Waals surface area contributed by atoms with Gasteiger partial charge in [-0.25, -0.2) is 9.59 Å². The molecule has 0 radical (unpaired) electrons. The molecular weight excluding hydrogens is 506 g/mol. The Hall–Kier alpha value is -4.24. The minimum atomic E-state index is -0.622. The quantitative estimate of drug-likeness (QED) is 0.163. The number of hydrogen-bond donors (Lipinski definition) is 0. The Kier molecular flexibility index (Phi) is 5.46. The molecule has 0 bridgehead atoms. The van der Waals surface area contributed by atoms with Crippen molar-refractivity contribution in [3.63, 3.8) is 0 Å². The molecule has 0 saturated carbocycles. The maximum absolute atomic E-state index is 12.7. The molecule has 0 spiro atoms. The van der Waals surface area contributed by atoms with Crippen molar-refractivity contribution in [1.82, 2.24) is 0 Å². The molecule has 5 aromatic rings. The topological polar surface area (TPSA) is 113 Å². The molecule has 5 rings (SSSR count). The summed E-state index contributed by atoms with van der Waals surface area (Å²) in [5.41, 5.74) is 0.856. The Bertz CT molecular complexity index is 1690. The third-order valence-electron chi connectivity index (χ3n) is 5.25. The van der Waals surface area contributed by atoms with Crippen LogP contribution in [0.5, 0.6) is 5.75 Å². The van der Waals surface area contributed by atoms with Crippen molar-refractivity contribution in [2.45, 2.75) is 6.61 Å². The highest BCUT2D eigenvalue weighted by molar-refractivity contribution is 9.10. The van der Waals surface area contributed by atoms with Crippen molar-refractivity contribution in [3.8, 4) is 16.9 Å². The fraction of sp³-hybridized carbons (Fsp3) is 0.0400. The van der Waals surface area contributed by atoms with Crippen LogP contribution in [-0.2, 0) is 6.61 Å². The average molecular weight is 520 g/mol. The number of rotatable bonds is 5. The van der Waals surface area contributed by atoms with Gasteiger partial charge in [-0.05, 0) is 54.1 Å². The summed E-state index contributed by atoms with van der Waals surface area (Å²) in [4.78, 5) is 35.3. The summed E-state index contributed by atoms with van der Waals surface area (Å²) in [6, 6.07) is 19.2. The number of fused-ring (bicyclic) bond motifs is 2. The molecule has 0 atom stereocenters. The molecule has 8 nitrogen and oxygen atoms in total. The summed E-state index contributed by atoms with van der Waals surface area (Å²) in [6.45, 7) is 0.163. The van der Waals surface area contributed by atoms with Gasteiger partial charge in [0.25, 0.3) is 5.69 Å². The first kappa shape index (κ1) is 21.6. The second kappa shape index (κ2) is 8.60. The molecular formula is C25H14BrNO7. The molecule has 0 aliphatic rings. The van der Waals surface area contributed by atoms with Gasteiger partial charge in [-0.15, -0.1) is 0 Å². The van der Waals surface area contributed by atoms with E-state index in [-0.39, 0.29) is 23.4 Å². The van der Waals surface area contributed by atoms with Gasteiger partial charge in [-0.1, -0.05) is 15.9 Å². The number of nitrogens with zero attached hydrogens (tertiary/aromatic N) is 1. The number of hydrogen-bond acceptors (Lipinski definition) is 7. The largest absolute Gasteiger partial charge is 0.489 e. The fourth-order valence-electron chi connectivity index (χ4n) is 3.62. The number of nitro benzene ring substituents is 1. The Morgan fingerprint density at radius 2 is 1.65 bits per heavy atom. The highest BCUT2D eigenvalue weighted by Gasteiger charge is 2.15. The highest BCUT2D eigenvalue weighted by Crippen LogP contribution is 2.30. The van der Waals surface area contributed by atoms with Gasteiger partial charge in [0.05, 0.1) is 10.5 Å². The van der Waals surface area contributed by atoms with E-state index in [9.17, 15) is 19.7 Å². The second-order valence-corrected chi connectivity index (χ2v) is 8.39. The molecule has 0 N–H and O–H groups in total. The van der Waals surface area contributed by atoms with E-state index in [2.05, 4.69) is 15.9 Å². The summed E-state index contributed by atoms with van der Waals surface area (Å²) in [5.74, 6) is 0.431. The molecule has 2 heterocycles. The molecule has 0 saturated heterocycles. The Morgan fingerprint density at radius 3 is 2.41 bits per heavy atom. The lowest BCUT2D eigenvalue weighted by atomic mass is 10.0. The van der Waals surface area contributed by atoms with Gasteiger partial charge in [0, 0.05) is 45.1 Å². The van der Waals surface area contributed by atoms with Crippen molar-refractivity contribution in [1.29, 1.82) is 0 Å². The van der Waals surface area contributed by atoms with Crippen molar-refractivity contribution in [2.24, 2.45) is 0 Å². The minimum absolute atomic E-state index is 0.00529. The lowest BCUT2D eigenvalue weighted by Gasteiger charge is -2.09. The molecule has 34 heavy (non-hydrogen) atoms. The molecule has 0 fully saturated rings. The van der Waals surface area contributed by atoms with Gasteiger partial charge in [-0.3, -0.25) is 10.1 Å². The third-order valence-corrected chi connectivity index (χ3v) is 5.75. The third kappa shape index (κ3) is 4.20. The van der Waals surface area contributed by atoms with E-state index < -0.39 is 16.2 Å². The molecule has 0 unspecified atom stereocenters. The van der Waals surface area contributed by atoms with Crippen LogP contribution in [0.25, 0.3) is 33.1 Å². The van der Waals surface area contributed by atoms with Crippen LogP contribution < -0.4 is 16.0 Å². The lowest BCUT2D eigenvalue weighted by molar-refractivity contribution is -0.384. The van der Waals surface area contributed by atoms with Crippen LogP contribution in [0.15, 0.2) is 95.7 Å². The van der Waals surface area contributed by atoms with Crippen LogP contribution in [0.1, 0.15) is 5.56 Å². The van der Waals surface area contributed by atoms with Crippen LogP contribution in [0.4, 0.5) is 5.69 Å². The number of non-ortho nitro benzene ring substituents is 1. The highest BCUT2D eigenvalue weighted by atomic mass is 79.9. The monoisotopic (exact) mass is 519 g/mol. The van der Waals surface area contributed by atoms with E-state index in [0.29, 0.717) is 27.7 Å².